The van der Waals surface area contributed by atoms with E-state index in [9.17, 15) is 4.79 Å². The molecule has 0 saturated heterocycles. The lowest BCUT2D eigenvalue weighted by molar-refractivity contribution is 0.628. The van der Waals surface area contributed by atoms with Gasteiger partial charge in [0.1, 0.15) is 5.82 Å². The Labute approximate surface area is 82.8 Å². The van der Waals surface area contributed by atoms with Crippen LogP contribution < -0.4 is 11.0 Å². The van der Waals surface area contributed by atoms with Gasteiger partial charge < -0.3 is 10.3 Å². The molecule has 1 aromatic heterocycles. The molecule has 0 atom stereocenters. The zero-order valence-electron chi connectivity index (χ0n) is 8.55. The molecule has 4 nitrogen and oxygen atoms in total. The Bertz CT molecular complexity index is 395. The Morgan fingerprint density at radius 2 is 2.29 bits per heavy atom. The second-order valence-corrected chi connectivity index (χ2v) is 4.12. The molecule has 0 unspecified atom stereocenters. The van der Waals surface area contributed by atoms with Gasteiger partial charge in [0.15, 0.2) is 0 Å². The van der Waals surface area contributed by atoms with Crippen molar-refractivity contribution in [3.63, 3.8) is 0 Å². The maximum absolute atomic E-state index is 11.2. The molecule has 14 heavy (non-hydrogen) atoms. The van der Waals surface area contributed by atoms with Crippen LogP contribution in [0.3, 0.4) is 0 Å². The molecule has 2 N–H and O–H groups in total. The molecule has 0 amide bonds. The maximum Gasteiger partial charge on any atom is 0.347 e. The highest BCUT2D eigenvalue weighted by atomic mass is 16.1. The summed E-state index contributed by atoms with van der Waals surface area (Å²) >= 11 is 0. The number of nitrogens with one attached hydrogen (secondary N) is 2. The third kappa shape index (κ3) is 1.64. The van der Waals surface area contributed by atoms with E-state index >= 15 is 0 Å². The fraction of sp³-hybridized carbons (Fsp3) is 0.600. The van der Waals surface area contributed by atoms with Crippen molar-refractivity contribution in [1.29, 1.82) is 0 Å². The number of nitrogens with zero attached hydrogens (tertiary/aromatic N) is 1. The Balaban J connectivity index is 2.43. The number of anilines is 1. The molecule has 0 bridgehead atoms. The van der Waals surface area contributed by atoms with E-state index in [4.69, 9.17) is 0 Å². The summed E-state index contributed by atoms with van der Waals surface area (Å²) in [5, 5.41) is 3.12. The van der Waals surface area contributed by atoms with Gasteiger partial charge in [-0.25, -0.2) is 4.79 Å². The van der Waals surface area contributed by atoms with Gasteiger partial charge in [-0.05, 0) is 18.8 Å². The minimum atomic E-state index is -0.242. The predicted octanol–water partition coefficient (Wildman–Crippen LogP) is 0.936. The van der Waals surface area contributed by atoms with Crippen LogP contribution in [0, 0.1) is 5.92 Å². The van der Waals surface area contributed by atoms with E-state index < -0.39 is 0 Å². The predicted molar refractivity (Wildman–Crippen MR) is 55.6 cm³/mol. The summed E-state index contributed by atoms with van der Waals surface area (Å²) in [5.74, 6) is 1.34. The quantitative estimate of drug-likeness (QED) is 0.734. The van der Waals surface area contributed by atoms with Crippen molar-refractivity contribution in [3.05, 3.63) is 21.7 Å². The van der Waals surface area contributed by atoms with Crippen molar-refractivity contribution in [2.75, 3.05) is 11.9 Å². The lowest BCUT2D eigenvalue weighted by Gasteiger charge is -2.08. The number of aromatic nitrogens is 2. The van der Waals surface area contributed by atoms with Crippen molar-refractivity contribution in [1.82, 2.24) is 9.97 Å². The van der Waals surface area contributed by atoms with E-state index in [0.29, 0.717) is 5.92 Å². The standard InChI is InChI=1S/C10H15N3O/c1-6(2)5-8-7-3-4-11-9(7)13-10(14)12-8/h6H,3-5H2,1-2H3,(H2,11,12,13,14). The van der Waals surface area contributed by atoms with Crippen molar-refractivity contribution < 1.29 is 0 Å². The first-order valence-electron chi connectivity index (χ1n) is 5.02. The van der Waals surface area contributed by atoms with Gasteiger partial charge in [-0.2, -0.15) is 4.98 Å². The van der Waals surface area contributed by atoms with Gasteiger partial charge >= 0.3 is 5.69 Å². The summed E-state index contributed by atoms with van der Waals surface area (Å²) in [5.41, 5.74) is 2.01. The zero-order chi connectivity index (χ0) is 10.1. The van der Waals surface area contributed by atoms with Crippen LogP contribution in [0.4, 0.5) is 5.82 Å². The monoisotopic (exact) mass is 193 g/mol. The van der Waals surface area contributed by atoms with Crippen LogP contribution in [-0.2, 0) is 12.8 Å². The molecule has 1 aliphatic heterocycles. The lowest BCUT2D eigenvalue weighted by atomic mass is 10.0. The average Bonchev–Trinajstić information content (AvgIpc) is 2.50. The van der Waals surface area contributed by atoms with Crippen LogP contribution >= 0.6 is 0 Å². The topological polar surface area (TPSA) is 57.8 Å². The first-order valence-corrected chi connectivity index (χ1v) is 5.02. The smallest absolute Gasteiger partial charge is 0.347 e. The van der Waals surface area contributed by atoms with Crippen LogP contribution in [0.2, 0.25) is 0 Å². The van der Waals surface area contributed by atoms with E-state index in [1.807, 2.05) is 0 Å². The average molecular weight is 193 g/mol. The van der Waals surface area contributed by atoms with Gasteiger partial charge in [-0.15, -0.1) is 0 Å². The molecule has 0 aromatic carbocycles. The molecule has 2 rings (SSSR count). The molecule has 76 valence electrons. The van der Waals surface area contributed by atoms with Crippen molar-refractivity contribution in [3.8, 4) is 0 Å². The second kappa shape index (κ2) is 3.44. The summed E-state index contributed by atoms with van der Waals surface area (Å²) in [6.07, 6.45) is 1.89. The lowest BCUT2D eigenvalue weighted by Crippen LogP contribution is -2.16. The minimum absolute atomic E-state index is 0.242. The molecule has 0 aliphatic carbocycles. The number of fused-ring (bicyclic) bond motifs is 1. The van der Waals surface area contributed by atoms with Crippen molar-refractivity contribution >= 4 is 5.82 Å². The molecule has 0 fully saturated rings. The van der Waals surface area contributed by atoms with Gasteiger partial charge in [0.05, 0.1) is 0 Å². The third-order valence-electron chi connectivity index (χ3n) is 2.40. The minimum Gasteiger partial charge on any atom is -0.369 e. The molecule has 4 heteroatoms. The number of rotatable bonds is 2. The molecule has 0 saturated carbocycles. The summed E-state index contributed by atoms with van der Waals surface area (Å²) in [7, 11) is 0. The highest BCUT2D eigenvalue weighted by Gasteiger charge is 2.17. The number of H-pyrrole nitrogens is 1. The summed E-state index contributed by atoms with van der Waals surface area (Å²) in [6.45, 7) is 5.19. The van der Waals surface area contributed by atoms with Gasteiger partial charge in [-0.1, -0.05) is 13.8 Å². The molecule has 1 aliphatic rings. The number of aromatic amines is 1. The third-order valence-corrected chi connectivity index (χ3v) is 2.40. The van der Waals surface area contributed by atoms with E-state index in [-0.39, 0.29) is 5.69 Å². The Morgan fingerprint density at radius 1 is 1.50 bits per heavy atom. The largest absolute Gasteiger partial charge is 0.369 e. The van der Waals surface area contributed by atoms with E-state index in [1.165, 1.54) is 5.56 Å². The van der Waals surface area contributed by atoms with Crippen LogP contribution in [0.15, 0.2) is 4.79 Å². The zero-order valence-corrected chi connectivity index (χ0v) is 8.55. The summed E-state index contributed by atoms with van der Waals surface area (Å²) in [4.78, 5) is 18.0. The molecule has 0 radical (unpaired) electrons. The van der Waals surface area contributed by atoms with Crippen molar-refractivity contribution in [2.45, 2.75) is 26.7 Å². The van der Waals surface area contributed by atoms with Crippen LogP contribution in [0.5, 0.6) is 0 Å². The molecule has 0 spiro atoms. The van der Waals surface area contributed by atoms with E-state index in [0.717, 1.165) is 30.9 Å². The molecular weight excluding hydrogens is 178 g/mol. The van der Waals surface area contributed by atoms with Gasteiger partial charge in [0, 0.05) is 17.8 Å². The van der Waals surface area contributed by atoms with E-state index in [1.54, 1.807) is 0 Å². The molecular formula is C10H15N3O. The van der Waals surface area contributed by atoms with Crippen LogP contribution in [0.1, 0.15) is 25.1 Å². The normalized spacial score (nSPS) is 14.2. The SMILES string of the molecule is CC(C)Cc1[nH]c(=O)nc2c1CCN2. The Hall–Kier alpha value is -1.32. The highest BCUT2D eigenvalue weighted by molar-refractivity contribution is 5.50. The van der Waals surface area contributed by atoms with Crippen LogP contribution in [-0.4, -0.2) is 16.5 Å². The second-order valence-electron chi connectivity index (χ2n) is 4.12. The van der Waals surface area contributed by atoms with Crippen molar-refractivity contribution in [2.24, 2.45) is 5.92 Å². The fourth-order valence-corrected chi connectivity index (χ4v) is 1.85. The first-order chi connectivity index (χ1) is 6.66. The maximum atomic E-state index is 11.2. The van der Waals surface area contributed by atoms with Gasteiger partial charge in [0.2, 0.25) is 0 Å². The summed E-state index contributed by atoms with van der Waals surface area (Å²) < 4.78 is 0. The number of hydrogen-bond acceptors (Lipinski definition) is 3. The van der Waals surface area contributed by atoms with Crippen LogP contribution in [0.25, 0.3) is 0 Å². The molecule has 1 aromatic rings. The van der Waals surface area contributed by atoms with Gasteiger partial charge in [-0.3, -0.25) is 0 Å². The highest BCUT2D eigenvalue weighted by Crippen LogP contribution is 2.21. The Kier molecular flexibility index (Phi) is 2.27. The first kappa shape index (κ1) is 9.24. The van der Waals surface area contributed by atoms with Gasteiger partial charge in [0.25, 0.3) is 0 Å². The number of hydrogen-bond donors (Lipinski definition) is 2. The fourth-order valence-electron chi connectivity index (χ4n) is 1.85. The molecule has 2 heterocycles. The summed E-state index contributed by atoms with van der Waals surface area (Å²) in [6, 6.07) is 0. The Morgan fingerprint density at radius 3 is 3.00 bits per heavy atom. The van der Waals surface area contributed by atoms with E-state index in [2.05, 4.69) is 29.1 Å².